The van der Waals surface area contributed by atoms with Gasteiger partial charge in [-0.1, -0.05) is 26.0 Å². The molecule has 1 aromatic rings. The molecule has 0 saturated carbocycles. The summed E-state index contributed by atoms with van der Waals surface area (Å²) in [5.41, 5.74) is 0.571. The standard InChI is InChI=1S/C14H17F2NO4/c1-8(2)12(13(19)20)17-11(18)7-9-3-5-10(6-4-9)21-14(15)16/h3-6,8,12,14H,7H2,1-2H3,(H,17,18)(H,19,20)/t12-/m0/s1. The maximum Gasteiger partial charge on any atom is 0.387 e. The van der Waals surface area contributed by atoms with Gasteiger partial charge in [-0.05, 0) is 23.6 Å². The van der Waals surface area contributed by atoms with E-state index in [1.807, 2.05) is 0 Å². The Morgan fingerprint density at radius 1 is 1.24 bits per heavy atom. The van der Waals surface area contributed by atoms with Crippen molar-refractivity contribution >= 4 is 11.9 Å². The minimum absolute atomic E-state index is 0.000230. The molecule has 1 atom stereocenters. The van der Waals surface area contributed by atoms with Gasteiger partial charge in [0.15, 0.2) is 0 Å². The maximum atomic E-state index is 12.0. The Hall–Kier alpha value is -2.18. The second kappa shape index (κ2) is 7.56. The van der Waals surface area contributed by atoms with Crippen LogP contribution in [-0.2, 0) is 16.0 Å². The number of aliphatic carboxylic acids is 1. The van der Waals surface area contributed by atoms with Crippen molar-refractivity contribution in [2.45, 2.75) is 32.9 Å². The molecule has 0 aliphatic rings. The molecule has 5 nitrogen and oxygen atoms in total. The van der Waals surface area contributed by atoms with Crippen molar-refractivity contribution in [2.75, 3.05) is 0 Å². The third-order valence-electron chi connectivity index (χ3n) is 2.76. The van der Waals surface area contributed by atoms with Gasteiger partial charge in [-0.2, -0.15) is 8.78 Å². The molecule has 2 N–H and O–H groups in total. The summed E-state index contributed by atoms with van der Waals surface area (Å²) in [4.78, 5) is 22.7. The van der Waals surface area contributed by atoms with Crippen LogP contribution in [-0.4, -0.2) is 29.6 Å². The Balaban J connectivity index is 2.60. The van der Waals surface area contributed by atoms with Crippen molar-refractivity contribution < 1.29 is 28.2 Å². The van der Waals surface area contributed by atoms with Crippen LogP contribution in [0.2, 0.25) is 0 Å². The number of carboxylic acids is 1. The molecule has 0 aliphatic heterocycles. The quantitative estimate of drug-likeness (QED) is 0.808. The van der Waals surface area contributed by atoms with E-state index >= 15 is 0 Å². The van der Waals surface area contributed by atoms with Crippen LogP contribution in [0.3, 0.4) is 0 Å². The van der Waals surface area contributed by atoms with Gasteiger partial charge in [-0.3, -0.25) is 4.79 Å². The van der Waals surface area contributed by atoms with Crippen molar-refractivity contribution in [2.24, 2.45) is 5.92 Å². The summed E-state index contributed by atoms with van der Waals surface area (Å²) in [6.07, 6.45) is -0.0363. The summed E-state index contributed by atoms with van der Waals surface area (Å²) in [6, 6.07) is 4.64. The zero-order valence-electron chi connectivity index (χ0n) is 11.7. The molecule has 0 bridgehead atoms. The van der Waals surface area contributed by atoms with Crippen molar-refractivity contribution in [3.05, 3.63) is 29.8 Å². The molecule has 0 spiro atoms. The molecule has 0 saturated heterocycles. The Kier molecular flexibility index (Phi) is 6.08. The highest BCUT2D eigenvalue weighted by atomic mass is 19.3. The Labute approximate surface area is 120 Å². The van der Waals surface area contributed by atoms with Crippen molar-refractivity contribution in [1.29, 1.82) is 0 Å². The van der Waals surface area contributed by atoms with Crippen molar-refractivity contribution in [3.8, 4) is 5.75 Å². The van der Waals surface area contributed by atoms with E-state index in [0.717, 1.165) is 0 Å². The SMILES string of the molecule is CC(C)[C@H](NC(=O)Cc1ccc(OC(F)F)cc1)C(=O)O. The number of hydrogen-bond acceptors (Lipinski definition) is 3. The first kappa shape index (κ1) is 16.9. The molecular weight excluding hydrogens is 284 g/mol. The summed E-state index contributed by atoms with van der Waals surface area (Å²) < 4.78 is 28.2. The van der Waals surface area contributed by atoms with Crippen LogP contribution in [0.5, 0.6) is 5.75 Å². The van der Waals surface area contributed by atoms with Crippen LogP contribution in [0.15, 0.2) is 24.3 Å². The van der Waals surface area contributed by atoms with Gasteiger partial charge in [0.25, 0.3) is 0 Å². The lowest BCUT2D eigenvalue weighted by atomic mass is 10.0. The van der Waals surface area contributed by atoms with E-state index in [2.05, 4.69) is 10.1 Å². The fourth-order valence-corrected chi connectivity index (χ4v) is 1.71. The minimum Gasteiger partial charge on any atom is -0.480 e. The highest BCUT2D eigenvalue weighted by Crippen LogP contribution is 2.15. The maximum absolute atomic E-state index is 12.0. The molecule has 0 radical (unpaired) electrons. The molecule has 1 rings (SSSR count). The Morgan fingerprint density at radius 3 is 2.24 bits per heavy atom. The highest BCUT2D eigenvalue weighted by molar-refractivity contribution is 5.85. The van der Waals surface area contributed by atoms with Crippen molar-refractivity contribution in [1.82, 2.24) is 5.32 Å². The minimum atomic E-state index is -2.90. The summed E-state index contributed by atoms with van der Waals surface area (Å²) in [5, 5.41) is 11.4. The fraction of sp³-hybridized carbons (Fsp3) is 0.429. The molecule has 21 heavy (non-hydrogen) atoms. The number of carbonyl (C=O) groups is 2. The van der Waals surface area contributed by atoms with E-state index in [0.29, 0.717) is 5.56 Å². The van der Waals surface area contributed by atoms with Crippen LogP contribution in [0.25, 0.3) is 0 Å². The average molecular weight is 301 g/mol. The molecule has 116 valence electrons. The van der Waals surface area contributed by atoms with Gasteiger partial charge in [0.1, 0.15) is 11.8 Å². The lowest BCUT2D eigenvalue weighted by molar-refractivity contribution is -0.143. The smallest absolute Gasteiger partial charge is 0.387 e. The lowest BCUT2D eigenvalue weighted by Crippen LogP contribution is -2.44. The average Bonchev–Trinajstić information content (AvgIpc) is 2.37. The summed E-state index contributed by atoms with van der Waals surface area (Å²) in [6.45, 7) is 0.479. The second-order valence-electron chi connectivity index (χ2n) is 4.83. The lowest BCUT2D eigenvalue weighted by Gasteiger charge is -2.17. The zero-order chi connectivity index (χ0) is 16.0. The number of benzene rings is 1. The van der Waals surface area contributed by atoms with Gasteiger partial charge in [0.05, 0.1) is 6.42 Å². The molecular formula is C14H17F2NO4. The largest absolute Gasteiger partial charge is 0.480 e. The van der Waals surface area contributed by atoms with E-state index in [-0.39, 0.29) is 18.1 Å². The third kappa shape index (κ3) is 5.76. The van der Waals surface area contributed by atoms with Gasteiger partial charge >= 0.3 is 12.6 Å². The topological polar surface area (TPSA) is 75.6 Å². The normalized spacial score (nSPS) is 12.3. The summed E-state index contributed by atoms with van der Waals surface area (Å²) in [5.74, 6) is -1.79. The molecule has 7 heteroatoms. The van der Waals surface area contributed by atoms with Gasteiger partial charge in [0, 0.05) is 0 Å². The number of alkyl halides is 2. The number of carbonyl (C=O) groups excluding carboxylic acids is 1. The van der Waals surface area contributed by atoms with Crippen LogP contribution >= 0.6 is 0 Å². The van der Waals surface area contributed by atoms with Crippen LogP contribution in [0.1, 0.15) is 19.4 Å². The van der Waals surface area contributed by atoms with E-state index in [1.54, 1.807) is 13.8 Å². The number of hydrogen-bond donors (Lipinski definition) is 2. The van der Waals surface area contributed by atoms with Gasteiger partial charge in [-0.25, -0.2) is 4.79 Å². The van der Waals surface area contributed by atoms with Crippen LogP contribution in [0.4, 0.5) is 8.78 Å². The predicted octanol–water partition coefficient (Wildman–Crippen LogP) is 2.06. The Bertz CT molecular complexity index is 488. The predicted molar refractivity (Wildman–Crippen MR) is 71.2 cm³/mol. The van der Waals surface area contributed by atoms with E-state index in [9.17, 15) is 18.4 Å². The van der Waals surface area contributed by atoms with Crippen molar-refractivity contribution in [3.63, 3.8) is 0 Å². The van der Waals surface area contributed by atoms with E-state index < -0.39 is 24.5 Å². The van der Waals surface area contributed by atoms with Gasteiger partial charge in [-0.15, -0.1) is 0 Å². The monoisotopic (exact) mass is 301 g/mol. The number of ether oxygens (including phenoxy) is 1. The third-order valence-corrected chi connectivity index (χ3v) is 2.76. The first-order chi connectivity index (χ1) is 9.79. The van der Waals surface area contributed by atoms with Gasteiger partial charge in [0.2, 0.25) is 5.91 Å². The van der Waals surface area contributed by atoms with E-state index in [1.165, 1.54) is 24.3 Å². The molecule has 0 unspecified atom stereocenters. The number of amides is 1. The highest BCUT2D eigenvalue weighted by Gasteiger charge is 2.23. The molecule has 1 aromatic carbocycles. The van der Waals surface area contributed by atoms with Crippen LogP contribution in [0, 0.1) is 5.92 Å². The molecule has 1 amide bonds. The molecule has 0 aliphatic carbocycles. The molecule has 0 aromatic heterocycles. The summed E-state index contributed by atoms with van der Waals surface area (Å²) >= 11 is 0. The van der Waals surface area contributed by atoms with Gasteiger partial charge < -0.3 is 15.2 Å². The Morgan fingerprint density at radius 2 is 1.81 bits per heavy atom. The number of carboxylic acid groups (broad SMARTS) is 1. The molecule has 0 fully saturated rings. The first-order valence-electron chi connectivity index (χ1n) is 6.35. The fourth-order valence-electron chi connectivity index (χ4n) is 1.71. The second-order valence-corrected chi connectivity index (χ2v) is 4.83. The number of halogens is 2. The number of rotatable bonds is 7. The van der Waals surface area contributed by atoms with Crippen LogP contribution < -0.4 is 10.1 Å². The van der Waals surface area contributed by atoms with E-state index in [4.69, 9.17) is 5.11 Å². The zero-order valence-corrected chi connectivity index (χ0v) is 11.7. The number of nitrogens with one attached hydrogen (secondary N) is 1. The summed E-state index contributed by atoms with van der Waals surface area (Å²) in [7, 11) is 0. The molecule has 0 heterocycles. The first-order valence-corrected chi connectivity index (χ1v) is 6.35.